The van der Waals surface area contributed by atoms with Crippen LogP contribution in [-0.2, 0) is 16.1 Å². The number of anilines is 2. The standard InChI is InChI=1S/C44H44N10O4/c55-41-11-9-39(43(57)47-41)52-26-30-6-7-33(23-35(30)44(52)58)51-19-12-28(13-20-51)25-50-17-14-32(15-18-50)54-27-31-22-38(34(24-37(31)49-54)29-4-2-1-3-5-29)46-42(56)36-8-10-40-45-16-21-53(40)48-36/h1-8,10,16,21-24,27-28,32,39H,9,11-15,17-20,25-26H2,(H,46,56)(H,47,55,57). The summed E-state index contributed by atoms with van der Waals surface area (Å²) < 4.78 is 3.72. The van der Waals surface area contributed by atoms with E-state index in [4.69, 9.17) is 5.10 Å². The van der Waals surface area contributed by atoms with Crippen molar-refractivity contribution in [3.63, 3.8) is 0 Å². The SMILES string of the molecule is O=C1CCC(N2Cc3ccc(N4CCC(CN5CCC(n6cc7cc(NC(=O)c8ccc9nccn9n8)c(-c8ccccc8)cc7n6)CC5)CC4)cc3C2=O)C(=O)N1. The lowest BCUT2D eigenvalue weighted by atomic mass is 9.94. The molecule has 7 heterocycles. The molecule has 3 saturated heterocycles. The summed E-state index contributed by atoms with van der Waals surface area (Å²) >= 11 is 0. The number of benzene rings is 3. The summed E-state index contributed by atoms with van der Waals surface area (Å²) in [6.45, 7) is 5.39. The van der Waals surface area contributed by atoms with Gasteiger partial charge >= 0.3 is 0 Å². The zero-order valence-corrected chi connectivity index (χ0v) is 32.1. The van der Waals surface area contributed by atoms with Crippen LogP contribution >= 0.6 is 0 Å². The van der Waals surface area contributed by atoms with Crippen LogP contribution < -0.4 is 15.5 Å². The van der Waals surface area contributed by atoms with E-state index in [1.165, 1.54) is 0 Å². The Hall–Kier alpha value is -6.41. The van der Waals surface area contributed by atoms with Crippen molar-refractivity contribution in [1.29, 1.82) is 0 Å². The molecular formula is C44H44N10O4. The molecular weight excluding hydrogens is 733 g/mol. The van der Waals surface area contributed by atoms with E-state index in [9.17, 15) is 19.2 Å². The van der Waals surface area contributed by atoms with Gasteiger partial charge in [0.2, 0.25) is 11.8 Å². The average Bonchev–Trinajstić information content (AvgIpc) is 3.98. The number of amides is 4. The Morgan fingerprint density at radius 3 is 2.48 bits per heavy atom. The van der Waals surface area contributed by atoms with Gasteiger partial charge in [0.25, 0.3) is 11.8 Å². The number of likely N-dealkylation sites (tertiary alicyclic amines) is 1. The Bertz CT molecular complexity index is 2570. The lowest BCUT2D eigenvalue weighted by Crippen LogP contribution is -2.52. The Morgan fingerprint density at radius 1 is 0.845 bits per heavy atom. The fourth-order valence-corrected chi connectivity index (χ4v) is 9.21. The molecule has 1 unspecified atom stereocenters. The van der Waals surface area contributed by atoms with Crippen molar-refractivity contribution in [1.82, 2.24) is 39.5 Å². The fraction of sp³-hybridized carbons (Fsp3) is 0.341. The van der Waals surface area contributed by atoms with Crippen LogP contribution in [0.4, 0.5) is 11.4 Å². The van der Waals surface area contributed by atoms with Crippen LogP contribution in [0.15, 0.2) is 91.4 Å². The van der Waals surface area contributed by atoms with Gasteiger partial charge in [-0.15, -0.1) is 0 Å². The molecule has 2 N–H and O–H groups in total. The molecule has 3 fully saturated rings. The van der Waals surface area contributed by atoms with Gasteiger partial charge in [-0.2, -0.15) is 10.2 Å². The van der Waals surface area contributed by atoms with Gasteiger partial charge in [0.1, 0.15) is 11.7 Å². The van der Waals surface area contributed by atoms with Gasteiger partial charge in [0.15, 0.2) is 5.65 Å². The van der Waals surface area contributed by atoms with E-state index in [-0.39, 0.29) is 30.0 Å². The maximum absolute atomic E-state index is 13.5. The zero-order chi connectivity index (χ0) is 39.3. The molecule has 58 heavy (non-hydrogen) atoms. The van der Waals surface area contributed by atoms with E-state index in [0.717, 1.165) is 91.7 Å². The van der Waals surface area contributed by atoms with Crippen molar-refractivity contribution >= 4 is 51.6 Å². The van der Waals surface area contributed by atoms with Crippen LogP contribution in [0.25, 0.3) is 27.7 Å². The molecule has 3 aromatic carbocycles. The minimum absolute atomic E-state index is 0.128. The number of imide groups is 1. The fourth-order valence-electron chi connectivity index (χ4n) is 9.21. The summed E-state index contributed by atoms with van der Waals surface area (Å²) in [6, 6.07) is 23.4. The van der Waals surface area contributed by atoms with Gasteiger partial charge in [0, 0.05) is 92.2 Å². The average molecular weight is 777 g/mol. The number of carbonyl (C=O) groups is 4. The molecule has 294 valence electrons. The van der Waals surface area contributed by atoms with Crippen molar-refractivity contribution in [3.8, 4) is 11.1 Å². The van der Waals surface area contributed by atoms with Crippen LogP contribution in [0, 0.1) is 5.92 Å². The van der Waals surface area contributed by atoms with Gasteiger partial charge in [-0.25, -0.2) is 9.50 Å². The van der Waals surface area contributed by atoms with Crippen LogP contribution in [0.5, 0.6) is 0 Å². The molecule has 1 atom stereocenters. The molecule has 3 aromatic heterocycles. The molecule has 0 saturated carbocycles. The van der Waals surface area contributed by atoms with E-state index in [1.807, 2.05) is 48.5 Å². The first kappa shape index (κ1) is 36.0. The number of aromatic nitrogens is 5. The third-order valence-corrected chi connectivity index (χ3v) is 12.4. The molecule has 0 spiro atoms. The monoisotopic (exact) mass is 776 g/mol. The van der Waals surface area contributed by atoms with Crippen molar-refractivity contribution in [2.75, 3.05) is 42.9 Å². The Kier molecular flexibility index (Phi) is 9.20. The number of rotatable bonds is 8. The summed E-state index contributed by atoms with van der Waals surface area (Å²) in [5.41, 5.74) is 7.13. The first-order chi connectivity index (χ1) is 28.3. The van der Waals surface area contributed by atoms with Crippen LogP contribution in [0.2, 0.25) is 0 Å². The third kappa shape index (κ3) is 6.87. The van der Waals surface area contributed by atoms with Gasteiger partial charge < -0.3 is 20.0 Å². The Balaban J connectivity index is 0.758. The third-order valence-electron chi connectivity index (χ3n) is 12.4. The zero-order valence-electron chi connectivity index (χ0n) is 32.1. The smallest absolute Gasteiger partial charge is 0.276 e. The normalized spacial score (nSPS) is 19.6. The first-order valence-electron chi connectivity index (χ1n) is 20.3. The van der Waals surface area contributed by atoms with Crippen LogP contribution in [-0.4, -0.2) is 96.6 Å². The highest BCUT2D eigenvalue weighted by molar-refractivity contribution is 6.07. The summed E-state index contributed by atoms with van der Waals surface area (Å²) in [5.74, 6) is -0.467. The number of nitrogens with one attached hydrogen (secondary N) is 2. The minimum Gasteiger partial charge on any atom is -0.371 e. The van der Waals surface area contributed by atoms with Gasteiger partial charge in [-0.05, 0) is 85.5 Å². The number of nitrogens with zero attached hydrogens (tertiary/aromatic N) is 8. The number of carbonyl (C=O) groups excluding carboxylic acids is 4. The number of hydrogen-bond donors (Lipinski definition) is 2. The minimum atomic E-state index is -0.600. The maximum atomic E-state index is 13.5. The summed E-state index contributed by atoms with van der Waals surface area (Å²) in [6.07, 6.45) is 10.3. The molecule has 4 amide bonds. The molecule has 14 heteroatoms. The van der Waals surface area contributed by atoms with E-state index in [0.29, 0.717) is 47.5 Å². The second-order valence-corrected chi connectivity index (χ2v) is 16.0. The number of hydrogen-bond acceptors (Lipinski definition) is 9. The lowest BCUT2D eigenvalue weighted by molar-refractivity contribution is -0.136. The van der Waals surface area contributed by atoms with Crippen LogP contribution in [0.3, 0.4) is 0 Å². The lowest BCUT2D eigenvalue weighted by Gasteiger charge is -2.38. The predicted octanol–water partition coefficient (Wildman–Crippen LogP) is 5.31. The molecule has 4 aliphatic rings. The topological polar surface area (TPSA) is 150 Å². The molecule has 0 bridgehead atoms. The van der Waals surface area contributed by atoms with E-state index < -0.39 is 6.04 Å². The first-order valence-corrected chi connectivity index (χ1v) is 20.3. The quantitative estimate of drug-likeness (QED) is 0.196. The highest BCUT2D eigenvalue weighted by Gasteiger charge is 2.39. The van der Waals surface area contributed by atoms with Crippen molar-refractivity contribution in [3.05, 3.63) is 108 Å². The van der Waals surface area contributed by atoms with E-state index >= 15 is 0 Å². The second kappa shape index (κ2) is 14.8. The number of piperidine rings is 3. The van der Waals surface area contributed by atoms with Gasteiger partial charge in [-0.3, -0.25) is 29.2 Å². The number of imidazole rings is 1. The van der Waals surface area contributed by atoms with Gasteiger partial charge in [-0.1, -0.05) is 36.4 Å². The molecule has 0 radical (unpaired) electrons. The van der Waals surface area contributed by atoms with Gasteiger partial charge in [0.05, 0.1) is 11.6 Å². The number of fused-ring (bicyclic) bond motifs is 3. The van der Waals surface area contributed by atoms with Crippen molar-refractivity contribution in [2.45, 2.75) is 57.2 Å². The molecule has 0 aliphatic carbocycles. The Labute approximate surface area is 334 Å². The van der Waals surface area contributed by atoms with Crippen LogP contribution in [0.1, 0.15) is 71.0 Å². The molecule has 6 aromatic rings. The van der Waals surface area contributed by atoms with E-state index in [2.05, 4.69) is 53.5 Å². The molecule has 14 nitrogen and oxygen atoms in total. The largest absolute Gasteiger partial charge is 0.371 e. The summed E-state index contributed by atoms with van der Waals surface area (Å²) in [4.78, 5) is 61.8. The van der Waals surface area contributed by atoms with E-state index in [1.54, 1.807) is 33.9 Å². The summed E-state index contributed by atoms with van der Waals surface area (Å²) in [7, 11) is 0. The molecule has 4 aliphatic heterocycles. The van der Waals surface area contributed by atoms with Crippen molar-refractivity contribution < 1.29 is 19.2 Å². The highest BCUT2D eigenvalue weighted by Crippen LogP contribution is 2.35. The van der Waals surface area contributed by atoms with Crippen molar-refractivity contribution in [2.24, 2.45) is 5.92 Å². The predicted molar refractivity (Wildman–Crippen MR) is 218 cm³/mol. The Morgan fingerprint density at radius 2 is 1.67 bits per heavy atom. The molecule has 10 rings (SSSR count). The maximum Gasteiger partial charge on any atom is 0.276 e. The second-order valence-electron chi connectivity index (χ2n) is 16.0. The summed E-state index contributed by atoms with van der Waals surface area (Å²) in [5, 5.41) is 16.0. The highest BCUT2D eigenvalue weighted by atomic mass is 16.2.